The second-order valence-electron chi connectivity index (χ2n) is 9.96. The van der Waals surface area contributed by atoms with Gasteiger partial charge in [-0.1, -0.05) is 89.7 Å². The van der Waals surface area contributed by atoms with Gasteiger partial charge >= 0.3 is 5.97 Å². The quantitative estimate of drug-likeness (QED) is 0.230. The van der Waals surface area contributed by atoms with Crippen LogP contribution in [0.2, 0.25) is 0 Å². The lowest BCUT2D eigenvalue weighted by Gasteiger charge is -2.29. The molecule has 1 saturated carbocycles. The molecule has 0 heterocycles. The SMILES string of the molecule is CCCCCC1CCC(c2ccc(OCCCCCCCCCCCC(=O)O)cc2)CC1. The number of ether oxygens (including phenoxy) is 1. The third-order valence-corrected chi connectivity index (χ3v) is 7.22. The summed E-state index contributed by atoms with van der Waals surface area (Å²) in [6.45, 7) is 3.11. The first-order valence-corrected chi connectivity index (χ1v) is 13.6. The summed E-state index contributed by atoms with van der Waals surface area (Å²) in [5.41, 5.74) is 1.51. The van der Waals surface area contributed by atoms with Crippen LogP contribution in [-0.2, 0) is 4.79 Å². The molecule has 0 spiro atoms. The molecular weight excluding hydrogens is 396 g/mol. The summed E-state index contributed by atoms with van der Waals surface area (Å²) in [6, 6.07) is 8.95. The van der Waals surface area contributed by atoms with Crippen molar-refractivity contribution in [3.8, 4) is 5.75 Å². The lowest BCUT2D eigenvalue weighted by atomic mass is 9.77. The zero-order valence-electron chi connectivity index (χ0n) is 20.7. The summed E-state index contributed by atoms with van der Waals surface area (Å²) in [6.07, 6.45) is 22.0. The molecule has 0 unspecified atom stereocenters. The van der Waals surface area contributed by atoms with Crippen LogP contribution in [0.4, 0.5) is 0 Å². The van der Waals surface area contributed by atoms with Gasteiger partial charge in [0.1, 0.15) is 5.75 Å². The highest BCUT2D eigenvalue weighted by Gasteiger charge is 2.22. The summed E-state index contributed by atoms with van der Waals surface area (Å²) in [4.78, 5) is 10.5. The van der Waals surface area contributed by atoms with E-state index in [2.05, 4.69) is 31.2 Å². The minimum absolute atomic E-state index is 0.322. The highest BCUT2D eigenvalue weighted by Crippen LogP contribution is 2.38. The number of benzene rings is 1. The van der Waals surface area contributed by atoms with Gasteiger partial charge in [0.05, 0.1) is 6.61 Å². The van der Waals surface area contributed by atoms with Gasteiger partial charge in [0.2, 0.25) is 0 Å². The summed E-state index contributed by atoms with van der Waals surface area (Å²) in [5, 5.41) is 8.62. The first-order chi connectivity index (χ1) is 15.7. The van der Waals surface area contributed by atoms with E-state index < -0.39 is 5.97 Å². The Bertz CT molecular complexity index is 587. The monoisotopic (exact) mass is 444 g/mol. The molecule has 0 aliphatic heterocycles. The van der Waals surface area contributed by atoms with Crippen molar-refractivity contribution < 1.29 is 14.6 Å². The first-order valence-electron chi connectivity index (χ1n) is 13.6. The number of carbonyl (C=O) groups is 1. The Labute approximate surface area is 197 Å². The number of hydrogen-bond acceptors (Lipinski definition) is 2. The molecule has 1 aromatic rings. The van der Waals surface area contributed by atoms with Gasteiger partial charge in [-0.3, -0.25) is 4.79 Å². The Balaban J connectivity index is 1.46. The van der Waals surface area contributed by atoms with E-state index in [9.17, 15) is 4.79 Å². The molecule has 3 nitrogen and oxygen atoms in total. The third kappa shape index (κ3) is 11.9. The Morgan fingerprint density at radius 1 is 0.812 bits per heavy atom. The fourth-order valence-electron chi connectivity index (χ4n) is 5.11. The maximum Gasteiger partial charge on any atom is 0.303 e. The number of rotatable bonds is 18. The van der Waals surface area contributed by atoms with Gasteiger partial charge < -0.3 is 9.84 Å². The van der Waals surface area contributed by atoms with Crippen LogP contribution in [0.25, 0.3) is 0 Å². The summed E-state index contributed by atoms with van der Waals surface area (Å²) in [5.74, 6) is 2.08. The molecule has 0 bridgehead atoms. The van der Waals surface area contributed by atoms with Crippen LogP contribution in [-0.4, -0.2) is 17.7 Å². The molecule has 0 amide bonds. The predicted molar refractivity (Wildman–Crippen MR) is 135 cm³/mol. The molecule has 1 aromatic carbocycles. The van der Waals surface area contributed by atoms with Crippen molar-refractivity contribution in [2.75, 3.05) is 6.61 Å². The summed E-state index contributed by atoms with van der Waals surface area (Å²) >= 11 is 0. The average Bonchev–Trinajstić information content (AvgIpc) is 2.81. The zero-order chi connectivity index (χ0) is 22.9. The number of carboxylic acid groups (broad SMARTS) is 1. The van der Waals surface area contributed by atoms with E-state index in [1.165, 1.54) is 95.5 Å². The van der Waals surface area contributed by atoms with Crippen LogP contribution < -0.4 is 4.74 Å². The second kappa shape index (κ2) is 17.0. The van der Waals surface area contributed by atoms with Gasteiger partial charge in [-0.05, 0) is 68.1 Å². The molecule has 0 atom stereocenters. The van der Waals surface area contributed by atoms with Crippen molar-refractivity contribution in [2.24, 2.45) is 5.92 Å². The molecule has 32 heavy (non-hydrogen) atoms. The zero-order valence-corrected chi connectivity index (χ0v) is 20.7. The predicted octanol–water partition coefficient (Wildman–Crippen LogP) is 8.91. The van der Waals surface area contributed by atoms with E-state index in [4.69, 9.17) is 9.84 Å². The molecule has 1 aliphatic rings. The van der Waals surface area contributed by atoms with E-state index in [0.717, 1.165) is 43.5 Å². The van der Waals surface area contributed by atoms with Gasteiger partial charge in [-0.25, -0.2) is 0 Å². The minimum atomic E-state index is -0.668. The number of hydrogen-bond donors (Lipinski definition) is 1. The van der Waals surface area contributed by atoms with Crippen molar-refractivity contribution >= 4 is 5.97 Å². The van der Waals surface area contributed by atoms with Crippen molar-refractivity contribution in [1.82, 2.24) is 0 Å². The molecule has 0 saturated heterocycles. The van der Waals surface area contributed by atoms with Gasteiger partial charge in [-0.15, -0.1) is 0 Å². The van der Waals surface area contributed by atoms with Crippen molar-refractivity contribution in [3.63, 3.8) is 0 Å². The smallest absolute Gasteiger partial charge is 0.303 e. The van der Waals surface area contributed by atoms with Gasteiger partial charge in [-0.2, -0.15) is 0 Å². The Morgan fingerprint density at radius 2 is 1.41 bits per heavy atom. The molecular formula is C29H48O3. The molecule has 0 aromatic heterocycles. The third-order valence-electron chi connectivity index (χ3n) is 7.22. The standard InChI is InChI=1S/C29H48O3/c1-2-3-11-14-25-16-18-26(19-17-25)27-20-22-28(23-21-27)32-24-13-10-8-6-4-5-7-9-12-15-29(30)31/h20-23,25-26H,2-19,24H2,1H3,(H,30,31). The second-order valence-corrected chi connectivity index (χ2v) is 9.96. The number of aliphatic carboxylic acids is 1. The fraction of sp³-hybridized carbons (Fsp3) is 0.759. The van der Waals surface area contributed by atoms with Crippen LogP contribution in [0.3, 0.4) is 0 Å². The first kappa shape index (κ1) is 26.7. The van der Waals surface area contributed by atoms with Crippen LogP contribution in [0.5, 0.6) is 5.75 Å². The Morgan fingerprint density at radius 3 is 2.00 bits per heavy atom. The molecule has 182 valence electrons. The van der Waals surface area contributed by atoms with E-state index in [1.807, 2.05) is 0 Å². The molecule has 1 fully saturated rings. The Kier molecular flexibility index (Phi) is 14.2. The lowest BCUT2D eigenvalue weighted by Crippen LogP contribution is -2.13. The van der Waals surface area contributed by atoms with E-state index in [1.54, 1.807) is 0 Å². The van der Waals surface area contributed by atoms with E-state index in [0.29, 0.717) is 6.42 Å². The largest absolute Gasteiger partial charge is 0.494 e. The normalized spacial score (nSPS) is 18.5. The highest BCUT2D eigenvalue weighted by atomic mass is 16.5. The van der Waals surface area contributed by atoms with Crippen LogP contribution in [0.1, 0.15) is 134 Å². The average molecular weight is 445 g/mol. The van der Waals surface area contributed by atoms with Crippen LogP contribution in [0, 0.1) is 5.92 Å². The topological polar surface area (TPSA) is 46.5 Å². The maximum absolute atomic E-state index is 10.5. The molecule has 2 rings (SSSR count). The number of carboxylic acids is 1. The summed E-state index contributed by atoms with van der Waals surface area (Å²) in [7, 11) is 0. The highest BCUT2D eigenvalue weighted by molar-refractivity contribution is 5.66. The molecule has 0 radical (unpaired) electrons. The van der Waals surface area contributed by atoms with Crippen LogP contribution in [0.15, 0.2) is 24.3 Å². The maximum atomic E-state index is 10.5. The molecule has 1 N–H and O–H groups in total. The van der Waals surface area contributed by atoms with Crippen LogP contribution >= 0.6 is 0 Å². The van der Waals surface area contributed by atoms with Gasteiger partial charge in [0.25, 0.3) is 0 Å². The lowest BCUT2D eigenvalue weighted by molar-refractivity contribution is -0.137. The van der Waals surface area contributed by atoms with E-state index >= 15 is 0 Å². The molecule has 3 heteroatoms. The fourth-order valence-corrected chi connectivity index (χ4v) is 5.11. The Hall–Kier alpha value is -1.51. The minimum Gasteiger partial charge on any atom is -0.494 e. The molecule has 1 aliphatic carbocycles. The van der Waals surface area contributed by atoms with Crippen molar-refractivity contribution in [2.45, 2.75) is 128 Å². The summed E-state index contributed by atoms with van der Waals surface area (Å²) < 4.78 is 5.96. The van der Waals surface area contributed by atoms with Crippen molar-refractivity contribution in [1.29, 1.82) is 0 Å². The number of unbranched alkanes of at least 4 members (excludes halogenated alkanes) is 10. The van der Waals surface area contributed by atoms with E-state index in [-0.39, 0.29) is 0 Å². The van der Waals surface area contributed by atoms with Gasteiger partial charge in [0, 0.05) is 6.42 Å². The van der Waals surface area contributed by atoms with Crippen molar-refractivity contribution in [3.05, 3.63) is 29.8 Å². The van der Waals surface area contributed by atoms with Gasteiger partial charge in [0.15, 0.2) is 0 Å².